The number of nitrogens with two attached hydrogens (primary N) is 1. The van der Waals surface area contributed by atoms with E-state index in [1.807, 2.05) is 12.1 Å². The molecule has 6 nitrogen and oxygen atoms in total. The maximum atomic E-state index is 12.2. The number of benzene rings is 1. The first-order valence-electron chi connectivity index (χ1n) is 6.83. The lowest BCUT2D eigenvalue weighted by atomic mass is 10.2. The number of aromatic nitrogens is 2. The van der Waals surface area contributed by atoms with Crippen LogP contribution < -0.4 is 11.1 Å². The fraction of sp³-hybridized carbons (Fsp3) is 0.0625. The smallest absolute Gasteiger partial charge is 0.270 e. The summed E-state index contributed by atoms with van der Waals surface area (Å²) < 4.78 is 5.26. The molecule has 0 aliphatic heterocycles. The van der Waals surface area contributed by atoms with E-state index in [0.717, 1.165) is 5.56 Å². The van der Waals surface area contributed by atoms with Gasteiger partial charge in [-0.15, -0.1) is 0 Å². The summed E-state index contributed by atoms with van der Waals surface area (Å²) in [6, 6.07) is 12.2. The molecule has 2 heterocycles. The third-order valence-electron chi connectivity index (χ3n) is 3.12. The fourth-order valence-corrected chi connectivity index (χ4v) is 2.13. The normalized spacial score (nSPS) is 10.5. The van der Waals surface area contributed by atoms with Crippen LogP contribution >= 0.6 is 11.6 Å². The molecule has 2 aromatic heterocycles. The molecule has 0 aliphatic rings. The van der Waals surface area contributed by atoms with Crippen molar-refractivity contribution in [2.24, 2.45) is 0 Å². The maximum Gasteiger partial charge on any atom is 0.270 e. The monoisotopic (exact) mass is 328 g/mol. The van der Waals surface area contributed by atoms with Crippen molar-refractivity contribution in [3.63, 3.8) is 0 Å². The minimum Gasteiger partial charge on any atom is -0.463 e. The highest BCUT2D eigenvalue weighted by atomic mass is 35.5. The fourth-order valence-electron chi connectivity index (χ4n) is 2.01. The Labute approximate surface area is 137 Å². The third kappa shape index (κ3) is 3.67. The van der Waals surface area contributed by atoms with Gasteiger partial charge >= 0.3 is 0 Å². The lowest BCUT2D eigenvalue weighted by molar-refractivity contribution is 0.0946. The second-order valence-corrected chi connectivity index (χ2v) is 5.22. The van der Waals surface area contributed by atoms with Gasteiger partial charge < -0.3 is 15.5 Å². The summed E-state index contributed by atoms with van der Waals surface area (Å²) >= 11 is 5.83. The highest BCUT2D eigenvalue weighted by Gasteiger charge is 2.13. The number of carbonyl (C=O) groups excluding carboxylic acids is 1. The molecule has 0 aliphatic carbocycles. The number of nitrogens with zero attached hydrogens (tertiary/aromatic N) is 2. The third-order valence-corrected chi connectivity index (χ3v) is 3.37. The number of nitrogens with one attached hydrogen (secondary N) is 1. The topological polar surface area (TPSA) is 94.0 Å². The minimum atomic E-state index is -0.346. The molecular formula is C16H13ClN4O2. The summed E-state index contributed by atoms with van der Waals surface area (Å²) in [6.45, 7) is 0.357. The van der Waals surface area contributed by atoms with E-state index in [-0.39, 0.29) is 17.5 Å². The van der Waals surface area contributed by atoms with E-state index in [4.69, 9.17) is 21.8 Å². The number of carbonyl (C=O) groups is 1. The first kappa shape index (κ1) is 15.1. The second kappa shape index (κ2) is 6.50. The molecule has 3 rings (SSSR count). The Morgan fingerprint density at radius 1 is 1.22 bits per heavy atom. The van der Waals surface area contributed by atoms with Crippen LogP contribution in [0.4, 0.5) is 5.95 Å². The van der Waals surface area contributed by atoms with E-state index >= 15 is 0 Å². The average Bonchev–Trinajstić information content (AvgIpc) is 3.08. The van der Waals surface area contributed by atoms with Crippen LogP contribution in [0.5, 0.6) is 0 Å². The standard InChI is InChI=1S/C16H13ClN4O2/c17-11-5-3-10(4-6-11)9-19-15(22)13-8-12(20-16(18)21-13)14-2-1-7-23-14/h1-8H,9H2,(H,19,22)(H2,18,20,21). The highest BCUT2D eigenvalue weighted by molar-refractivity contribution is 6.30. The number of amides is 1. The van der Waals surface area contributed by atoms with Gasteiger partial charge in [0.15, 0.2) is 5.76 Å². The van der Waals surface area contributed by atoms with E-state index < -0.39 is 0 Å². The van der Waals surface area contributed by atoms with Crippen molar-refractivity contribution in [2.75, 3.05) is 5.73 Å². The van der Waals surface area contributed by atoms with Crippen LogP contribution in [-0.4, -0.2) is 15.9 Å². The molecule has 1 amide bonds. The van der Waals surface area contributed by atoms with E-state index in [1.165, 1.54) is 12.3 Å². The van der Waals surface area contributed by atoms with Crippen LogP contribution in [0.25, 0.3) is 11.5 Å². The lowest BCUT2D eigenvalue weighted by Gasteiger charge is -2.06. The zero-order valence-electron chi connectivity index (χ0n) is 12.0. The van der Waals surface area contributed by atoms with Crippen LogP contribution in [0.15, 0.2) is 53.1 Å². The van der Waals surface area contributed by atoms with Gasteiger partial charge in [-0.25, -0.2) is 9.97 Å². The molecule has 0 fully saturated rings. The number of hydrogen-bond donors (Lipinski definition) is 2. The van der Waals surface area contributed by atoms with Gasteiger partial charge in [0.1, 0.15) is 11.4 Å². The van der Waals surface area contributed by atoms with E-state index in [2.05, 4.69) is 15.3 Å². The molecule has 0 saturated carbocycles. The second-order valence-electron chi connectivity index (χ2n) is 4.78. The zero-order chi connectivity index (χ0) is 16.2. The Bertz CT molecular complexity index is 817. The zero-order valence-corrected chi connectivity index (χ0v) is 12.7. The molecule has 3 N–H and O–H groups in total. The summed E-state index contributed by atoms with van der Waals surface area (Å²) in [4.78, 5) is 20.3. The Hall–Kier alpha value is -2.86. The van der Waals surface area contributed by atoms with Crippen LogP contribution in [-0.2, 0) is 6.54 Å². The molecule has 23 heavy (non-hydrogen) atoms. The van der Waals surface area contributed by atoms with Crippen LogP contribution in [0, 0.1) is 0 Å². The summed E-state index contributed by atoms with van der Waals surface area (Å²) in [5.41, 5.74) is 7.23. The molecule has 1 aromatic carbocycles. The number of anilines is 1. The Morgan fingerprint density at radius 3 is 2.70 bits per heavy atom. The minimum absolute atomic E-state index is 0.00976. The SMILES string of the molecule is Nc1nc(C(=O)NCc2ccc(Cl)cc2)cc(-c2ccco2)n1. The lowest BCUT2D eigenvalue weighted by Crippen LogP contribution is -2.24. The largest absolute Gasteiger partial charge is 0.463 e. The van der Waals surface area contributed by atoms with Crippen LogP contribution in [0.3, 0.4) is 0 Å². The molecule has 0 bridgehead atoms. The predicted octanol–water partition coefficient (Wildman–Crippen LogP) is 2.90. The van der Waals surface area contributed by atoms with Gasteiger partial charge in [0.05, 0.1) is 6.26 Å². The average molecular weight is 329 g/mol. The van der Waals surface area contributed by atoms with Crippen molar-refractivity contribution in [1.82, 2.24) is 15.3 Å². The van der Waals surface area contributed by atoms with Gasteiger partial charge in [-0.3, -0.25) is 4.79 Å². The number of nitrogen functional groups attached to an aromatic ring is 1. The maximum absolute atomic E-state index is 12.2. The molecule has 0 saturated heterocycles. The van der Waals surface area contributed by atoms with Crippen molar-refractivity contribution in [1.29, 1.82) is 0 Å². The van der Waals surface area contributed by atoms with Crippen molar-refractivity contribution < 1.29 is 9.21 Å². The molecule has 0 spiro atoms. The van der Waals surface area contributed by atoms with Gasteiger partial charge in [0.25, 0.3) is 5.91 Å². The van der Waals surface area contributed by atoms with Crippen molar-refractivity contribution in [3.05, 3.63) is 65.0 Å². The quantitative estimate of drug-likeness (QED) is 0.768. The molecule has 0 radical (unpaired) electrons. The predicted molar refractivity (Wildman–Crippen MR) is 86.8 cm³/mol. The van der Waals surface area contributed by atoms with Gasteiger partial charge in [-0.05, 0) is 35.9 Å². The van der Waals surface area contributed by atoms with Crippen molar-refractivity contribution >= 4 is 23.5 Å². The molecule has 3 aromatic rings. The molecule has 7 heteroatoms. The number of halogens is 1. The van der Waals surface area contributed by atoms with Crippen molar-refractivity contribution in [2.45, 2.75) is 6.54 Å². The van der Waals surface area contributed by atoms with Gasteiger partial charge in [0, 0.05) is 11.6 Å². The molecule has 0 unspecified atom stereocenters. The van der Waals surface area contributed by atoms with Gasteiger partial charge in [-0.2, -0.15) is 0 Å². The number of rotatable bonds is 4. The van der Waals surface area contributed by atoms with Gasteiger partial charge in [-0.1, -0.05) is 23.7 Å². The highest BCUT2D eigenvalue weighted by Crippen LogP contribution is 2.19. The summed E-state index contributed by atoms with van der Waals surface area (Å²) in [7, 11) is 0. The molecule has 0 atom stereocenters. The number of furan rings is 1. The molecule has 116 valence electrons. The Kier molecular flexibility index (Phi) is 4.25. The number of hydrogen-bond acceptors (Lipinski definition) is 5. The van der Waals surface area contributed by atoms with E-state index in [9.17, 15) is 4.79 Å². The van der Waals surface area contributed by atoms with Crippen LogP contribution in [0.1, 0.15) is 16.1 Å². The Morgan fingerprint density at radius 2 is 2.00 bits per heavy atom. The van der Waals surface area contributed by atoms with Crippen molar-refractivity contribution in [3.8, 4) is 11.5 Å². The summed E-state index contributed by atoms with van der Waals surface area (Å²) in [5, 5.41) is 3.42. The molecular weight excluding hydrogens is 316 g/mol. The van der Waals surface area contributed by atoms with Gasteiger partial charge in [0.2, 0.25) is 5.95 Å². The first-order valence-corrected chi connectivity index (χ1v) is 7.21. The first-order chi connectivity index (χ1) is 11.1. The van der Waals surface area contributed by atoms with E-state index in [0.29, 0.717) is 23.0 Å². The summed E-state index contributed by atoms with van der Waals surface area (Å²) in [5.74, 6) is 0.184. The van der Waals surface area contributed by atoms with E-state index in [1.54, 1.807) is 24.3 Å². The Balaban J connectivity index is 1.75. The summed E-state index contributed by atoms with van der Waals surface area (Å²) in [6.07, 6.45) is 1.52. The van der Waals surface area contributed by atoms with Crippen LogP contribution in [0.2, 0.25) is 5.02 Å².